The molecule has 0 bridgehead atoms. The molecule has 6 atom stereocenters. The molecule has 1 aliphatic carbocycles. The summed E-state index contributed by atoms with van der Waals surface area (Å²) in [5.41, 5.74) is 6.07. The summed E-state index contributed by atoms with van der Waals surface area (Å²) in [6.07, 6.45) is 12.3. The maximum atomic E-state index is 13.6. The molecule has 0 radical (unpaired) electrons. The number of ether oxygens (including phenoxy) is 3. The SMILES string of the molecule is COC(=O)N[C@H](C(=O)N1CCC[C@H]1c1ncc(C2=CC3COCc4cc(-c5cnc([C@@H]6CCCN6C(=O)[C@@H](NC(=O)OC)C(C)C)[nH]5)ccc4C3C=C2)[nH]1)C(C)C. The van der Waals surface area contributed by atoms with E-state index in [-0.39, 0.29) is 47.6 Å². The Balaban J connectivity index is 1.04. The van der Waals surface area contributed by atoms with Gasteiger partial charge >= 0.3 is 12.2 Å². The molecule has 2 saturated heterocycles. The number of likely N-dealkylation sites (tertiary alicyclic amines) is 2. The fourth-order valence-electron chi connectivity index (χ4n) is 8.63. The lowest BCUT2D eigenvalue weighted by atomic mass is 9.79. The van der Waals surface area contributed by atoms with Crippen LogP contribution >= 0.6 is 0 Å². The molecular weight excluding hydrogens is 729 g/mol. The summed E-state index contributed by atoms with van der Waals surface area (Å²) in [6.45, 7) is 9.83. The number of hydrogen-bond donors (Lipinski definition) is 4. The standard InChI is InChI=1S/C42H54N8O7/c1-23(2)35(47-41(53)55-5)39(51)49-15-7-9-33(49)37-43-19-31(45-37)25-11-13-29-27(17-25)21-57-22-28-18-26(12-14-30(28)29)32-20-44-38(46-32)34-10-8-16-50(34)40(52)36(24(3)4)48-42(54)56-6/h11-14,17-20,23-24,27,29,33-36H,7-10,15-16,21-22H2,1-6H3,(H,43,45)(H,44,46)(H,47,53)(H,48,54)/t27?,29?,33-,34-,35-,36-/m0/s1. The number of alkyl carbamates (subject to hydrolysis) is 2. The largest absolute Gasteiger partial charge is 0.453 e. The first-order valence-electron chi connectivity index (χ1n) is 20.0. The summed E-state index contributed by atoms with van der Waals surface area (Å²) in [6, 6.07) is 4.63. The van der Waals surface area contributed by atoms with Crippen molar-refractivity contribution >= 4 is 29.6 Å². The number of rotatable bonds is 10. The summed E-state index contributed by atoms with van der Waals surface area (Å²) < 4.78 is 15.8. The van der Waals surface area contributed by atoms with Crippen LogP contribution < -0.4 is 10.6 Å². The number of amides is 4. The number of carbonyl (C=O) groups is 4. The number of imidazole rings is 2. The number of nitrogens with zero attached hydrogens (tertiary/aromatic N) is 4. The smallest absolute Gasteiger partial charge is 0.407 e. The van der Waals surface area contributed by atoms with E-state index in [1.807, 2.05) is 49.9 Å². The van der Waals surface area contributed by atoms with Crippen LogP contribution in [0, 0.1) is 17.8 Å². The van der Waals surface area contributed by atoms with Crippen LogP contribution in [0.1, 0.15) is 99.8 Å². The molecular formula is C42H54N8O7. The zero-order valence-electron chi connectivity index (χ0n) is 33.5. The van der Waals surface area contributed by atoms with Gasteiger partial charge in [-0.3, -0.25) is 9.59 Å². The highest BCUT2D eigenvalue weighted by molar-refractivity contribution is 5.87. The van der Waals surface area contributed by atoms with E-state index in [0.717, 1.165) is 65.4 Å². The molecule has 2 fully saturated rings. The van der Waals surface area contributed by atoms with Crippen LogP contribution in [-0.2, 0) is 30.4 Å². The van der Waals surface area contributed by atoms with Gasteiger partial charge in [0.05, 0.1) is 63.3 Å². The summed E-state index contributed by atoms with van der Waals surface area (Å²) >= 11 is 0. The Morgan fingerprint density at radius 2 is 1.39 bits per heavy atom. The van der Waals surface area contributed by atoms with Crippen LogP contribution in [0.25, 0.3) is 16.8 Å². The normalized spacial score (nSPS) is 22.7. The number of benzene rings is 1. The number of aromatic amines is 2. The highest BCUT2D eigenvalue weighted by Crippen LogP contribution is 2.41. The molecule has 15 heteroatoms. The number of carbonyl (C=O) groups excluding carboxylic acids is 4. The molecule has 4 amide bonds. The fourth-order valence-corrected chi connectivity index (χ4v) is 8.63. The molecule has 57 heavy (non-hydrogen) atoms. The van der Waals surface area contributed by atoms with Crippen molar-refractivity contribution in [2.24, 2.45) is 17.8 Å². The molecule has 2 unspecified atom stereocenters. The van der Waals surface area contributed by atoms with Gasteiger partial charge in [0.15, 0.2) is 0 Å². The highest BCUT2D eigenvalue weighted by Gasteiger charge is 2.39. The van der Waals surface area contributed by atoms with Gasteiger partial charge in [0.25, 0.3) is 0 Å². The molecule has 4 aliphatic rings. The van der Waals surface area contributed by atoms with Gasteiger partial charge in [-0.05, 0) is 65.8 Å². The van der Waals surface area contributed by atoms with Crippen molar-refractivity contribution in [1.29, 1.82) is 0 Å². The Labute approximate surface area is 333 Å². The van der Waals surface area contributed by atoms with E-state index < -0.39 is 24.3 Å². The average molecular weight is 783 g/mol. The monoisotopic (exact) mass is 782 g/mol. The van der Waals surface area contributed by atoms with E-state index in [4.69, 9.17) is 24.2 Å². The lowest BCUT2D eigenvalue weighted by Crippen LogP contribution is -2.51. The zero-order chi connectivity index (χ0) is 40.4. The second-order valence-corrected chi connectivity index (χ2v) is 16.1. The Morgan fingerprint density at radius 1 is 0.825 bits per heavy atom. The van der Waals surface area contributed by atoms with E-state index in [9.17, 15) is 19.2 Å². The van der Waals surface area contributed by atoms with Crippen LogP contribution in [-0.4, -0.2) is 99.7 Å². The molecule has 1 aromatic carbocycles. The predicted molar refractivity (Wildman–Crippen MR) is 211 cm³/mol. The number of allylic oxidation sites excluding steroid dienone is 3. The lowest BCUT2D eigenvalue weighted by Gasteiger charge is -2.30. The Morgan fingerprint density at radius 3 is 1.95 bits per heavy atom. The highest BCUT2D eigenvalue weighted by atomic mass is 16.5. The van der Waals surface area contributed by atoms with Crippen LogP contribution in [0.3, 0.4) is 0 Å². The first-order valence-corrected chi connectivity index (χ1v) is 20.0. The minimum atomic E-state index is -0.695. The van der Waals surface area contributed by atoms with Crippen molar-refractivity contribution < 1.29 is 33.4 Å². The van der Waals surface area contributed by atoms with Gasteiger partial charge < -0.3 is 44.6 Å². The number of nitrogens with one attached hydrogen (secondary N) is 4. The van der Waals surface area contributed by atoms with Crippen LogP contribution in [0.4, 0.5) is 9.59 Å². The summed E-state index contributed by atoms with van der Waals surface area (Å²) in [5.74, 6) is 1.19. The molecule has 0 spiro atoms. The predicted octanol–water partition coefficient (Wildman–Crippen LogP) is 5.77. The molecule has 0 saturated carbocycles. The number of fused-ring (bicyclic) bond motifs is 3. The third kappa shape index (κ3) is 8.20. The van der Waals surface area contributed by atoms with E-state index in [2.05, 4.69) is 57.0 Å². The lowest BCUT2D eigenvalue weighted by molar-refractivity contribution is -0.136. The van der Waals surface area contributed by atoms with Crippen LogP contribution in [0.15, 0.2) is 48.8 Å². The maximum absolute atomic E-state index is 13.6. The first kappa shape index (κ1) is 39.8. The average Bonchev–Trinajstić information content (AvgIpc) is 4.04. The minimum Gasteiger partial charge on any atom is -0.453 e. The Kier molecular flexibility index (Phi) is 11.8. The van der Waals surface area contributed by atoms with Gasteiger partial charge in [0, 0.05) is 24.9 Å². The molecule has 3 aromatic rings. The van der Waals surface area contributed by atoms with Crippen molar-refractivity contribution in [2.45, 2.75) is 90.1 Å². The summed E-state index contributed by atoms with van der Waals surface area (Å²) in [4.78, 5) is 71.4. The van der Waals surface area contributed by atoms with Crippen molar-refractivity contribution in [2.75, 3.05) is 33.9 Å². The minimum absolute atomic E-state index is 0.109. The second-order valence-electron chi connectivity index (χ2n) is 16.1. The number of methoxy groups -OCH3 is 2. The maximum Gasteiger partial charge on any atom is 0.407 e. The number of H-pyrrole nitrogens is 2. The topological polar surface area (TPSA) is 184 Å². The van der Waals surface area contributed by atoms with Gasteiger partial charge in [0.2, 0.25) is 11.8 Å². The van der Waals surface area contributed by atoms with Crippen LogP contribution in [0.2, 0.25) is 0 Å². The van der Waals surface area contributed by atoms with Gasteiger partial charge in [-0.25, -0.2) is 19.6 Å². The third-order valence-electron chi connectivity index (χ3n) is 11.7. The van der Waals surface area contributed by atoms with E-state index in [1.165, 1.54) is 19.8 Å². The second kappa shape index (κ2) is 17.0. The van der Waals surface area contributed by atoms with Gasteiger partial charge in [-0.1, -0.05) is 58.1 Å². The van der Waals surface area contributed by atoms with Crippen molar-refractivity contribution in [3.8, 4) is 11.3 Å². The molecule has 15 nitrogen and oxygen atoms in total. The first-order chi connectivity index (χ1) is 27.5. The van der Waals surface area contributed by atoms with Gasteiger partial charge in [-0.15, -0.1) is 0 Å². The van der Waals surface area contributed by atoms with E-state index >= 15 is 0 Å². The Bertz CT molecular complexity index is 2030. The molecule has 4 N–H and O–H groups in total. The molecule has 3 aliphatic heterocycles. The van der Waals surface area contributed by atoms with Crippen LogP contribution in [0.5, 0.6) is 0 Å². The zero-order valence-corrected chi connectivity index (χ0v) is 33.5. The Hall–Kier alpha value is -5.44. The third-order valence-corrected chi connectivity index (χ3v) is 11.7. The molecule has 5 heterocycles. The molecule has 304 valence electrons. The number of aromatic nitrogens is 4. The van der Waals surface area contributed by atoms with Crippen molar-refractivity contribution in [1.82, 2.24) is 40.4 Å². The van der Waals surface area contributed by atoms with Crippen molar-refractivity contribution in [3.05, 3.63) is 77.3 Å². The summed E-state index contributed by atoms with van der Waals surface area (Å²) in [7, 11) is 2.58. The quantitative estimate of drug-likeness (QED) is 0.198. The summed E-state index contributed by atoms with van der Waals surface area (Å²) in [5, 5.41) is 5.41. The van der Waals surface area contributed by atoms with Crippen molar-refractivity contribution in [3.63, 3.8) is 0 Å². The van der Waals surface area contributed by atoms with Gasteiger partial charge in [0.1, 0.15) is 23.7 Å². The van der Waals surface area contributed by atoms with E-state index in [1.54, 1.807) is 0 Å². The molecule has 7 rings (SSSR count). The van der Waals surface area contributed by atoms with E-state index in [0.29, 0.717) is 26.3 Å². The number of hydrogen-bond acceptors (Lipinski definition) is 9. The molecule has 2 aromatic heterocycles. The fraction of sp³-hybridized carbons (Fsp3) is 0.524. The van der Waals surface area contributed by atoms with Gasteiger partial charge in [-0.2, -0.15) is 0 Å².